The quantitative estimate of drug-likeness (QED) is 0.704. The second-order valence-corrected chi connectivity index (χ2v) is 4.07. The largest absolute Gasteiger partial charge is 0.387 e. The molecule has 0 saturated heterocycles. The first-order valence-electron chi connectivity index (χ1n) is 3.90. The van der Waals surface area contributed by atoms with Crippen LogP contribution in [0.15, 0.2) is 22.7 Å². The Labute approximate surface area is 79.5 Å². The Morgan fingerprint density at radius 1 is 1.50 bits per heavy atom. The highest BCUT2D eigenvalue weighted by Gasteiger charge is 2.27. The molecule has 2 rings (SSSR count). The van der Waals surface area contributed by atoms with Gasteiger partial charge in [0.1, 0.15) is 0 Å². The van der Waals surface area contributed by atoms with Gasteiger partial charge in [0.2, 0.25) is 0 Å². The number of nitrogens with two attached hydrogens (primary N) is 1. The number of hydrogen-bond donors (Lipinski definition) is 2. The number of fused-ring (bicyclic) bond motifs is 1. The molecule has 3 N–H and O–H groups in total. The van der Waals surface area contributed by atoms with Crippen LogP contribution in [0.5, 0.6) is 0 Å². The van der Waals surface area contributed by atoms with Crippen LogP contribution in [-0.2, 0) is 6.42 Å². The number of aliphatic hydroxyl groups excluding tert-OH is 1. The molecule has 12 heavy (non-hydrogen) atoms. The van der Waals surface area contributed by atoms with Crippen molar-refractivity contribution in [2.24, 2.45) is 5.73 Å². The van der Waals surface area contributed by atoms with E-state index in [9.17, 15) is 5.11 Å². The monoisotopic (exact) mass is 227 g/mol. The minimum Gasteiger partial charge on any atom is -0.387 e. The zero-order chi connectivity index (χ0) is 8.72. The lowest BCUT2D eigenvalue weighted by Crippen LogP contribution is -2.24. The molecule has 0 spiro atoms. The van der Waals surface area contributed by atoms with E-state index in [1.807, 2.05) is 18.2 Å². The summed E-state index contributed by atoms with van der Waals surface area (Å²) in [6.45, 7) is 0. The molecule has 1 aromatic rings. The highest BCUT2D eigenvalue weighted by molar-refractivity contribution is 9.10. The summed E-state index contributed by atoms with van der Waals surface area (Å²) in [6, 6.07) is 5.75. The molecular formula is C9H10BrNO. The summed E-state index contributed by atoms with van der Waals surface area (Å²) in [7, 11) is 0. The van der Waals surface area contributed by atoms with Crippen LogP contribution >= 0.6 is 15.9 Å². The summed E-state index contributed by atoms with van der Waals surface area (Å²) in [4.78, 5) is 0. The molecule has 0 heterocycles. The van der Waals surface area contributed by atoms with Crippen LogP contribution in [0.4, 0.5) is 0 Å². The van der Waals surface area contributed by atoms with Gasteiger partial charge in [-0.2, -0.15) is 0 Å². The van der Waals surface area contributed by atoms with Crippen molar-refractivity contribution in [1.29, 1.82) is 0 Å². The molecular weight excluding hydrogens is 218 g/mol. The molecule has 0 saturated carbocycles. The van der Waals surface area contributed by atoms with Crippen molar-refractivity contribution in [2.75, 3.05) is 0 Å². The molecule has 0 aliphatic heterocycles. The van der Waals surface area contributed by atoms with Crippen LogP contribution < -0.4 is 5.73 Å². The fraction of sp³-hybridized carbons (Fsp3) is 0.333. The summed E-state index contributed by atoms with van der Waals surface area (Å²) in [5.41, 5.74) is 7.85. The van der Waals surface area contributed by atoms with E-state index in [4.69, 9.17) is 5.73 Å². The van der Waals surface area contributed by atoms with Gasteiger partial charge in [0, 0.05) is 10.5 Å². The Bertz CT molecular complexity index is 313. The molecule has 64 valence electrons. The van der Waals surface area contributed by atoms with Crippen molar-refractivity contribution >= 4 is 15.9 Å². The van der Waals surface area contributed by atoms with E-state index < -0.39 is 6.10 Å². The molecule has 2 nitrogen and oxygen atoms in total. The van der Waals surface area contributed by atoms with E-state index in [-0.39, 0.29) is 6.04 Å². The molecule has 0 radical (unpaired) electrons. The SMILES string of the molecule is N[C@H]1Cc2cc(Br)ccc2[C@H]1O. The molecule has 3 heteroatoms. The summed E-state index contributed by atoms with van der Waals surface area (Å²) in [5.74, 6) is 0. The first kappa shape index (κ1) is 8.23. The van der Waals surface area contributed by atoms with Crippen molar-refractivity contribution in [3.05, 3.63) is 33.8 Å². The number of aliphatic hydroxyl groups is 1. The van der Waals surface area contributed by atoms with Crippen molar-refractivity contribution in [3.8, 4) is 0 Å². The van der Waals surface area contributed by atoms with Crippen LogP contribution in [0.2, 0.25) is 0 Å². The molecule has 1 aliphatic carbocycles. The summed E-state index contributed by atoms with van der Waals surface area (Å²) in [6.07, 6.45) is 0.295. The first-order chi connectivity index (χ1) is 5.68. The van der Waals surface area contributed by atoms with Gasteiger partial charge < -0.3 is 10.8 Å². The van der Waals surface area contributed by atoms with Gasteiger partial charge in [-0.05, 0) is 29.7 Å². The first-order valence-corrected chi connectivity index (χ1v) is 4.70. The highest BCUT2D eigenvalue weighted by Crippen LogP contribution is 2.31. The Morgan fingerprint density at radius 3 is 3.00 bits per heavy atom. The highest BCUT2D eigenvalue weighted by atomic mass is 79.9. The molecule has 1 aromatic carbocycles. The molecule has 0 amide bonds. The van der Waals surface area contributed by atoms with Crippen molar-refractivity contribution in [1.82, 2.24) is 0 Å². The van der Waals surface area contributed by atoms with Crippen LogP contribution in [0.3, 0.4) is 0 Å². The summed E-state index contributed by atoms with van der Waals surface area (Å²) >= 11 is 3.38. The van der Waals surface area contributed by atoms with Gasteiger partial charge in [0.15, 0.2) is 0 Å². The second-order valence-electron chi connectivity index (χ2n) is 3.16. The lowest BCUT2D eigenvalue weighted by molar-refractivity contribution is 0.159. The smallest absolute Gasteiger partial charge is 0.0946 e. The molecule has 0 fully saturated rings. The van der Waals surface area contributed by atoms with Gasteiger partial charge in [0.05, 0.1) is 6.10 Å². The minimum atomic E-state index is -0.479. The zero-order valence-corrected chi connectivity index (χ0v) is 8.08. The number of rotatable bonds is 0. The lowest BCUT2D eigenvalue weighted by atomic mass is 10.1. The lowest BCUT2D eigenvalue weighted by Gasteiger charge is -2.07. The van der Waals surface area contributed by atoms with Gasteiger partial charge in [-0.15, -0.1) is 0 Å². The molecule has 0 bridgehead atoms. The molecule has 1 aliphatic rings. The predicted molar refractivity (Wildman–Crippen MR) is 50.8 cm³/mol. The van der Waals surface area contributed by atoms with Crippen LogP contribution in [0, 0.1) is 0 Å². The van der Waals surface area contributed by atoms with E-state index in [1.165, 1.54) is 0 Å². The van der Waals surface area contributed by atoms with Gasteiger partial charge in [-0.1, -0.05) is 22.0 Å². The van der Waals surface area contributed by atoms with Crippen LogP contribution in [0.1, 0.15) is 17.2 Å². The third kappa shape index (κ3) is 1.18. The van der Waals surface area contributed by atoms with E-state index >= 15 is 0 Å². The Balaban J connectivity index is 2.47. The van der Waals surface area contributed by atoms with Crippen molar-refractivity contribution in [3.63, 3.8) is 0 Å². The predicted octanol–water partition coefficient (Wildman–Crippen LogP) is 1.37. The maximum absolute atomic E-state index is 9.60. The van der Waals surface area contributed by atoms with Crippen LogP contribution in [0.25, 0.3) is 0 Å². The van der Waals surface area contributed by atoms with Gasteiger partial charge in [0.25, 0.3) is 0 Å². The fourth-order valence-corrected chi connectivity index (χ4v) is 2.04. The average Bonchev–Trinajstić information content (AvgIpc) is 2.28. The number of halogens is 1. The van der Waals surface area contributed by atoms with Gasteiger partial charge >= 0.3 is 0 Å². The maximum Gasteiger partial charge on any atom is 0.0946 e. The minimum absolute atomic E-state index is 0.130. The normalized spacial score (nSPS) is 27.2. The van der Waals surface area contributed by atoms with E-state index in [2.05, 4.69) is 15.9 Å². The van der Waals surface area contributed by atoms with Gasteiger partial charge in [-0.25, -0.2) is 0 Å². The summed E-state index contributed by atoms with van der Waals surface area (Å²) < 4.78 is 1.04. The average molecular weight is 228 g/mol. The van der Waals surface area contributed by atoms with E-state index in [0.29, 0.717) is 0 Å². The number of hydrogen-bond acceptors (Lipinski definition) is 2. The topological polar surface area (TPSA) is 46.2 Å². The Kier molecular flexibility index (Phi) is 1.94. The molecule has 0 unspecified atom stereocenters. The Hall–Kier alpha value is -0.380. The standard InChI is InChI=1S/C9H10BrNO/c10-6-1-2-7-5(3-6)4-8(11)9(7)12/h1-3,8-9,12H,4,11H2/t8-,9+/m0/s1. The maximum atomic E-state index is 9.60. The fourth-order valence-electron chi connectivity index (χ4n) is 1.64. The zero-order valence-electron chi connectivity index (χ0n) is 6.50. The van der Waals surface area contributed by atoms with Crippen LogP contribution in [-0.4, -0.2) is 11.1 Å². The molecule has 2 atom stereocenters. The Morgan fingerprint density at radius 2 is 2.25 bits per heavy atom. The van der Waals surface area contributed by atoms with Gasteiger partial charge in [-0.3, -0.25) is 0 Å². The third-order valence-electron chi connectivity index (χ3n) is 2.28. The molecule has 0 aromatic heterocycles. The van der Waals surface area contributed by atoms with Crippen molar-refractivity contribution < 1.29 is 5.11 Å². The van der Waals surface area contributed by atoms with Crippen molar-refractivity contribution in [2.45, 2.75) is 18.6 Å². The summed E-state index contributed by atoms with van der Waals surface area (Å²) in [5, 5.41) is 9.60. The second kappa shape index (κ2) is 2.83. The third-order valence-corrected chi connectivity index (χ3v) is 2.78. The van der Waals surface area contributed by atoms with E-state index in [1.54, 1.807) is 0 Å². The number of benzene rings is 1. The van der Waals surface area contributed by atoms with E-state index in [0.717, 1.165) is 22.0 Å².